The van der Waals surface area contributed by atoms with Gasteiger partial charge in [0.2, 0.25) is 5.91 Å². The summed E-state index contributed by atoms with van der Waals surface area (Å²) in [7, 11) is 0. The van der Waals surface area contributed by atoms with E-state index in [2.05, 4.69) is 13.8 Å². The maximum atomic E-state index is 11.0. The molecule has 0 aromatic rings. The van der Waals surface area contributed by atoms with Gasteiger partial charge in [-0.1, -0.05) is 13.8 Å². The van der Waals surface area contributed by atoms with Crippen molar-refractivity contribution < 1.29 is 4.79 Å². The maximum Gasteiger partial charge on any atom is 0.241 e. The van der Waals surface area contributed by atoms with Gasteiger partial charge in [-0.3, -0.25) is 4.79 Å². The molecule has 1 fully saturated rings. The summed E-state index contributed by atoms with van der Waals surface area (Å²) in [6, 6.07) is -0.206. The third-order valence-electron chi connectivity index (χ3n) is 2.02. The second-order valence-electron chi connectivity index (χ2n) is 3.57. The van der Waals surface area contributed by atoms with Crippen LogP contribution in [0, 0.1) is 5.92 Å². The number of amides is 1. The molecule has 64 valence electrons. The molecule has 11 heavy (non-hydrogen) atoms. The average molecular weight is 156 g/mol. The molecule has 1 heterocycles. The van der Waals surface area contributed by atoms with Gasteiger partial charge < -0.3 is 10.6 Å². The standard InChI is InChI=1S/C8H16N2O/c1-6(2)3-4-10-5-7(9)8(10)11/h6-7H,3-5,9H2,1-2H3. The minimum absolute atomic E-state index is 0.116. The van der Waals surface area contributed by atoms with Crippen LogP contribution in [0.1, 0.15) is 20.3 Å². The number of rotatable bonds is 3. The van der Waals surface area contributed by atoms with Crippen LogP contribution in [0.5, 0.6) is 0 Å². The monoisotopic (exact) mass is 156 g/mol. The molecule has 0 saturated carbocycles. The van der Waals surface area contributed by atoms with Crippen molar-refractivity contribution in [1.29, 1.82) is 0 Å². The van der Waals surface area contributed by atoms with Gasteiger partial charge >= 0.3 is 0 Å². The minimum atomic E-state index is -0.206. The van der Waals surface area contributed by atoms with Crippen molar-refractivity contribution in [2.24, 2.45) is 11.7 Å². The van der Waals surface area contributed by atoms with Crippen LogP contribution in [-0.4, -0.2) is 29.9 Å². The summed E-state index contributed by atoms with van der Waals surface area (Å²) < 4.78 is 0. The van der Waals surface area contributed by atoms with Gasteiger partial charge in [0.25, 0.3) is 0 Å². The van der Waals surface area contributed by atoms with E-state index < -0.39 is 0 Å². The predicted octanol–water partition coefficient (Wildman–Crippen LogP) is 0.202. The summed E-state index contributed by atoms with van der Waals surface area (Å²) in [5.74, 6) is 0.783. The van der Waals surface area contributed by atoms with Gasteiger partial charge in [-0.15, -0.1) is 0 Å². The van der Waals surface area contributed by atoms with E-state index >= 15 is 0 Å². The Bertz CT molecular complexity index is 156. The number of hydrogen-bond acceptors (Lipinski definition) is 2. The fraction of sp³-hybridized carbons (Fsp3) is 0.875. The van der Waals surface area contributed by atoms with Crippen molar-refractivity contribution >= 4 is 5.91 Å². The lowest BCUT2D eigenvalue weighted by Gasteiger charge is -2.36. The Kier molecular flexibility index (Phi) is 2.49. The Balaban J connectivity index is 2.15. The molecule has 3 nitrogen and oxygen atoms in total. The van der Waals surface area contributed by atoms with Gasteiger partial charge in [-0.2, -0.15) is 0 Å². The number of nitrogens with zero attached hydrogens (tertiary/aromatic N) is 1. The topological polar surface area (TPSA) is 46.3 Å². The summed E-state index contributed by atoms with van der Waals surface area (Å²) in [5.41, 5.74) is 5.43. The van der Waals surface area contributed by atoms with E-state index in [4.69, 9.17) is 5.73 Å². The molecule has 1 amide bonds. The fourth-order valence-corrected chi connectivity index (χ4v) is 1.14. The Morgan fingerprint density at radius 2 is 2.36 bits per heavy atom. The minimum Gasteiger partial charge on any atom is -0.339 e. The molecule has 1 aliphatic rings. The fourth-order valence-electron chi connectivity index (χ4n) is 1.14. The number of β-lactam (4-membered cyclic amide) rings is 1. The molecule has 1 atom stereocenters. The first-order chi connectivity index (χ1) is 5.11. The SMILES string of the molecule is CC(C)CCN1CC(N)C1=O. The Morgan fingerprint density at radius 3 is 2.73 bits per heavy atom. The molecule has 2 N–H and O–H groups in total. The number of carbonyl (C=O) groups excluding carboxylic acids is 1. The van der Waals surface area contributed by atoms with Gasteiger partial charge in [0.05, 0.1) is 0 Å². The van der Waals surface area contributed by atoms with E-state index in [9.17, 15) is 4.79 Å². The summed E-state index contributed by atoms with van der Waals surface area (Å²) in [6.45, 7) is 5.95. The highest BCUT2D eigenvalue weighted by atomic mass is 16.2. The maximum absolute atomic E-state index is 11.0. The number of likely N-dealkylation sites (tertiary alicyclic amines) is 1. The van der Waals surface area contributed by atoms with Crippen LogP contribution in [-0.2, 0) is 4.79 Å². The zero-order chi connectivity index (χ0) is 8.43. The van der Waals surface area contributed by atoms with Crippen LogP contribution in [0.3, 0.4) is 0 Å². The van der Waals surface area contributed by atoms with Crippen molar-refractivity contribution in [1.82, 2.24) is 4.90 Å². The summed E-state index contributed by atoms with van der Waals surface area (Å²) in [6.07, 6.45) is 1.08. The van der Waals surface area contributed by atoms with Crippen LogP contribution >= 0.6 is 0 Å². The lowest BCUT2D eigenvalue weighted by molar-refractivity contribution is -0.142. The van der Waals surface area contributed by atoms with E-state index in [0.717, 1.165) is 19.5 Å². The van der Waals surface area contributed by atoms with Crippen molar-refractivity contribution in [2.45, 2.75) is 26.3 Å². The molecule has 0 aromatic heterocycles. The number of carbonyl (C=O) groups is 1. The van der Waals surface area contributed by atoms with Gasteiger partial charge in [0.15, 0.2) is 0 Å². The molecular formula is C8H16N2O. The number of hydrogen-bond donors (Lipinski definition) is 1. The lowest BCUT2D eigenvalue weighted by Crippen LogP contribution is -2.61. The Labute approximate surface area is 67.5 Å². The molecule has 0 aromatic carbocycles. The third-order valence-corrected chi connectivity index (χ3v) is 2.02. The molecule has 0 radical (unpaired) electrons. The Hall–Kier alpha value is -0.570. The van der Waals surface area contributed by atoms with Gasteiger partial charge in [0.1, 0.15) is 6.04 Å². The Morgan fingerprint density at radius 1 is 1.73 bits per heavy atom. The van der Waals surface area contributed by atoms with E-state index in [1.54, 1.807) is 0 Å². The first-order valence-electron chi connectivity index (χ1n) is 4.15. The molecule has 0 spiro atoms. The van der Waals surface area contributed by atoms with Crippen LogP contribution in [0.2, 0.25) is 0 Å². The summed E-state index contributed by atoms with van der Waals surface area (Å²) in [5, 5.41) is 0. The predicted molar refractivity (Wildman–Crippen MR) is 44.0 cm³/mol. The largest absolute Gasteiger partial charge is 0.339 e. The smallest absolute Gasteiger partial charge is 0.241 e. The number of nitrogens with two attached hydrogens (primary N) is 1. The second-order valence-corrected chi connectivity index (χ2v) is 3.57. The van der Waals surface area contributed by atoms with Crippen molar-refractivity contribution in [3.8, 4) is 0 Å². The van der Waals surface area contributed by atoms with Crippen LogP contribution in [0.4, 0.5) is 0 Å². The molecule has 1 rings (SSSR count). The zero-order valence-electron chi connectivity index (χ0n) is 7.21. The highest BCUT2D eigenvalue weighted by Gasteiger charge is 2.32. The molecule has 1 aliphatic heterocycles. The van der Waals surface area contributed by atoms with Crippen molar-refractivity contribution in [3.05, 3.63) is 0 Å². The van der Waals surface area contributed by atoms with Crippen molar-refractivity contribution in [3.63, 3.8) is 0 Å². The highest BCUT2D eigenvalue weighted by Crippen LogP contribution is 2.10. The quantitative estimate of drug-likeness (QED) is 0.593. The molecule has 1 unspecified atom stereocenters. The van der Waals surface area contributed by atoms with Crippen LogP contribution in [0.15, 0.2) is 0 Å². The highest BCUT2D eigenvalue weighted by molar-refractivity contribution is 5.87. The first kappa shape index (κ1) is 8.53. The molecule has 3 heteroatoms. The van der Waals surface area contributed by atoms with Gasteiger partial charge in [0, 0.05) is 13.1 Å². The van der Waals surface area contributed by atoms with Crippen LogP contribution in [0.25, 0.3) is 0 Å². The van der Waals surface area contributed by atoms with Crippen LogP contribution < -0.4 is 5.73 Å². The lowest BCUT2D eigenvalue weighted by atomic mass is 10.1. The molecular weight excluding hydrogens is 140 g/mol. The second kappa shape index (κ2) is 3.22. The summed E-state index contributed by atoms with van der Waals surface area (Å²) >= 11 is 0. The molecule has 1 saturated heterocycles. The molecule has 0 bridgehead atoms. The average Bonchev–Trinajstić information content (AvgIpc) is 1.96. The molecule has 0 aliphatic carbocycles. The summed E-state index contributed by atoms with van der Waals surface area (Å²) in [4.78, 5) is 12.8. The first-order valence-corrected chi connectivity index (χ1v) is 4.15. The van der Waals surface area contributed by atoms with Gasteiger partial charge in [-0.25, -0.2) is 0 Å². The van der Waals surface area contributed by atoms with Crippen molar-refractivity contribution in [2.75, 3.05) is 13.1 Å². The van der Waals surface area contributed by atoms with E-state index in [0.29, 0.717) is 5.92 Å². The van der Waals surface area contributed by atoms with E-state index in [1.807, 2.05) is 4.90 Å². The van der Waals surface area contributed by atoms with Gasteiger partial charge in [-0.05, 0) is 12.3 Å². The zero-order valence-corrected chi connectivity index (χ0v) is 7.21. The van der Waals surface area contributed by atoms with E-state index in [-0.39, 0.29) is 11.9 Å². The third kappa shape index (κ3) is 1.93. The van der Waals surface area contributed by atoms with E-state index in [1.165, 1.54) is 0 Å². The normalized spacial score (nSPS) is 24.2.